The van der Waals surface area contributed by atoms with Crippen molar-refractivity contribution in [3.05, 3.63) is 29.6 Å². The van der Waals surface area contributed by atoms with Gasteiger partial charge in [-0.05, 0) is 43.5 Å². The summed E-state index contributed by atoms with van der Waals surface area (Å²) in [5.41, 5.74) is -0.0196. The van der Waals surface area contributed by atoms with Gasteiger partial charge in [-0.3, -0.25) is 4.79 Å². The molecular formula is C15H21FN2O2. The zero-order chi connectivity index (χ0) is 14.5. The smallest absolute Gasteiger partial charge is 0.255 e. The van der Waals surface area contributed by atoms with Crippen molar-refractivity contribution in [3.63, 3.8) is 0 Å². The molecule has 2 atom stereocenters. The van der Waals surface area contributed by atoms with E-state index in [9.17, 15) is 14.3 Å². The van der Waals surface area contributed by atoms with Crippen LogP contribution in [0.4, 0.5) is 4.39 Å². The Labute approximate surface area is 118 Å². The van der Waals surface area contributed by atoms with Crippen LogP contribution in [-0.4, -0.2) is 30.1 Å². The highest BCUT2D eigenvalue weighted by molar-refractivity contribution is 5.96. The van der Waals surface area contributed by atoms with E-state index in [0.717, 1.165) is 37.9 Å². The molecule has 1 aliphatic heterocycles. The molecule has 20 heavy (non-hydrogen) atoms. The van der Waals surface area contributed by atoms with Crippen LogP contribution in [0.1, 0.15) is 36.5 Å². The monoisotopic (exact) mass is 280 g/mol. The maximum Gasteiger partial charge on any atom is 0.255 e. The fourth-order valence-electron chi connectivity index (χ4n) is 2.74. The number of hydrogen-bond acceptors (Lipinski definition) is 3. The molecule has 4 nitrogen and oxygen atoms in total. The third-order valence-corrected chi connectivity index (χ3v) is 3.94. The van der Waals surface area contributed by atoms with E-state index in [2.05, 4.69) is 17.6 Å². The molecule has 1 amide bonds. The molecule has 0 aromatic heterocycles. The summed E-state index contributed by atoms with van der Waals surface area (Å²) in [5, 5.41) is 15.8. The van der Waals surface area contributed by atoms with Crippen LogP contribution in [0, 0.1) is 11.7 Å². The predicted molar refractivity (Wildman–Crippen MR) is 75.2 cm³/mol. The Morgan fingerprint density at radius 3 is 3.10 bits per heavy atom. The molecule has 1 aromatic rings. The molecule has 0 bridgehead atoms. The number of rotatable bonds is 4. The van der Waals surface area contributed by atoms with Crippen LogP contribution in [-0.2, 0) is 0 Å². The normalized spacial score (nSPS) is 22.5. The van der Waals surface area contributed by atoms with Crippen molar-refractivity contribution in [1.29, 1.82) is 0 Å². The van der Waals surface area contributed by atoms with E-state index in [0.29, 0.717) is 12.5 Å². The van der Waals surface area contributed by atoms with Gasteiger partial charge < -0.3 is 15.7 Å². The summed E-state index contributed by atoms with van der Waals surface area (Å²) < 4.78 is 13.1. The topological polar surface area (TPSA) is 61.4 Å². The second-order valence-electron chi connectivity index (χ2n) is 5.24. The van der Waals surface area contributed by atoms with Gasteiger partial charge in [0.1, 0.15) is 11.6 Å². The zero-order valence-electron chi connectivity index (χ0n) is 11.7. The van der Waals surface area contributed by atoms with Crippen molar-refractivity contribution in [2.45, 2.75) is 32.2 Å². The second kappa shape index (κ2) is 6.70. The SMILES string of the molecule is CCC1CCCNC1CNC(=O)c1cc(F)ccc1O. The Morgan fingerprint density at radius 2 is 2.35 bits per heavy atom. The van der Waals surface area contributed by atoms with Crippen molar-refractivity contribution in [2.75, 3.05) is 13.1 Å². The van der Waals surface area contributed by atoms with Crippen LogP contribution < -0.4 is 10.6 Å². The maximum atomic E-state index is 13.1. The maximum absolute atomic E-state index is 13.1. The first-order valence-corrected chi connectivity index (χ1v) is 7.12. The van der Waals surface area contributed by atoms with Gasteiger partial charge in [0, 0.05) is 12.6 Å². The number of aromatic hydroxyl groups is 1. The Kier molecular flexibility index (Phi) is 4.95. The number of hydrogen-bond donors (Lipinski definition) is 3. The number of nitrogens with one attached hydrogen (secondary N) is 2. The first-order valence-electron chi connectivity index (χ1n) is 7.12. The van der Waals surface area contributed by atoms with E-state index in [1.165, 1.54) is 6.07 Å². The summed E-state index contributed by atoms with van der Waals surface area (Å²) in [5.74, 6) is -0.628. The highest BCUT2D eigenvalue weighted by atomic mass is 19.1. The molecular weight excluding hydrogens is 259 g/mol. The van der Waals surface area contributed by atoms with Crippen molar-refractivity contribution >= 4 is 5.91 Å². The van der Waals surface area contributed by atoms with Gasteiger partial charge in [0.25, 0.3) is 5.91 Å². The van der Waals surface area contributed by atoms with Crippen LogP contribution in [0.25, 0.3) is 0 Å². The van der Waals surface area contributed by atoms with Gasteiger partial charge in [0.2, 0.25) is 0 Å². The highest BCUT2D eigenvalue weighted by Crippen LogP contribution is 2.20. The van der Waals surface area contributed by atoms with Gasteiger partial charge in [-0.25, -0.2) is 4.39 Å². The third-order valence-electron chi connectivity index (χ3n) is 3.94. The fourth-order valence-corrected chi connectivity index (χ4v) is 2.74. The van der Waals surface area contributed by atoms with Gasteiger partial charge in [0.05, 0.1) is 5.56 Å². The average Bonchev–Trinajstić information content (AvgIpc) is 2.47. The minimum absolute atomic E-state index is 0.0196. The van der Waals surface area contributed by atoms with Crippen molar-refractivity contribution in [1.82, 2.24) is 10.6 Å². The lowest BCUT2D eigenvalue weighted by atomic mass is 9.88. The van der Waals surface area contributed by atoms with Crippen molar-refractivity contribution < 1.29 is 14.3 Å². The lowest BCUT2D eigenvalue weighted by Gasteiger charge is -2.32. The van der Waals surface area contributed by atoms with Crippen LogP contribution in [0.15, 0.2) is 18.2 Å². The molecule has 3 N–H and O–H groups in total. The standard InChI is InChI=1S/C15H21FN2O2/c1-2-10-4-3-7-17-13(10)9-18-15(20)12-8-11(16)5-6-14(12)19/h5-6,8,10,13,17,19H,2-4,7,9H2,1H3,(H,18,20). The van der Waals surface area contributed by atoms with E-state index in [4.69, 9.17) is 0 Å². The Hall–Kier alpha value is -1.62. The van der Waals surface area contributed by atoms with E-state index in [1.807, 2.05) is 0 Å². The number of benzene rings is 1. The van der Waals surface area contributed by atoms with Gasteiger partial charge in [0.15, 0.2) is 0 Å². The Bertz CT molecular complexity index is 479. The molecule has 0 saturated carbocycles. The molecule has 0 spiro atoms. The first kappa shape index (κ1) is 14.8. The Balaban J connectivity index is 1.96. The van der Waals surface area contributed by atoms with Gasteiger partial charge in [-0.1, -0.05) is 13.3 Å². The zero-order valence-corrected chi connectivity index (χ0v) is 11.7. The molecule has 110 valence electrons. The minimum atomic E-state index is -0.532. The largest absolute Gasteiger partial charge is 0.507 e. The van der Waals surface area contributed by atoms with Gasteiger partial charge in [-0.15, -0.1) is 0 Å². The van der Waals surface area contributed by atoms with Gasteiger partial charge in [-0.2, -0.15) is 0 Å². The summed E-state index contributed by atoms with van der Waals surface area (Å²) >= 11 is 0. The minimum Gasteiger partial charge on any atom is -0.507 e. The summed E-state index contributed by atoms with van der Waals surface area (Å²) in [7, 11) is 0. The van der Waals surface area contributed by atoms with E-state index >= 15 is 0 Å². The average molecular weight is 280 g/mol. The number of phenols is 1. The molecule has 0 aliphatic carbocycles. The summed E-state index contributed by atoms with van der Waals surface area (Å²) in [4.78, 5) is 12.0. The fraction of sp³-hybridized carbons (Fsp3) is 0.533. The van der Waals surface area contributed by atoms with Crippen LogP contribution in [0.2, 0.25) is 0 Å². The number of carbonyl (C=O) groups is 1. The number of phenolic OH excluding ortho intramolecular Hbond substituents is 1. The van der Waals surface area contributed by atoms with E-state index < -0.39 is 11.7 Å². The highest BCUT2D eigenvalue weighted by Gasteiger charge is 2.24. The lowest BCUT2D eigenvalue weighted by molar-refractivity contribution is 0.0939. The third kappa shape index (κ3) is 3.48. The number of carbonyl (C=O) groups excluding carboxylic acids is 1. The molecule has 1 heterocycles. The van der Waals surface area contributed by atoms with Crippen LogP contribution in [0.3, 0.4) is 0 Å². The molecule has 5 heteroatoms. The summed E-state index contributed by atoms with van der Waals surface area (Å²) in [6.07, 6.45) is 3.39. The van der Waals surface area contributed by atoms with E-state index in [1.54, 1.807) is 0 Å². The number of amides is 1. The number of halogens is 1. The molecule has 1 aromatic carbocycles. The van der Waals surface area contributed by atoms with E-state index in [-0.39, 0.29) is 17.4 Å². The molecule has 1 aliphatic rings. The molecule has 1 fully saturated rings. The van der Waals surface area contributed by atoms with Crippen LogP contribution in [0.5, 0.6) is 5.75 Å². The molecule has 1 saturated heterocycles. The number of piperidine rings is 1. The Morgan fingerprint density at radius 1 is 1.55 bits per heavy atom. The van der Waals surface area contributed by atoms with Crippen LogP contribution >= 0.6 is 0 Å². The first-order chi connectivity index (χ1) is 9.61. The summed E-state index contributed by atoms with van der Waals surface area (Å²) in [6.45, 7) is 3.60. The van der Waals surface area contributed by atoms with Crippen molar-refractivity contribution in [3.8, 4) is 5.75 Å². The predicted octanol–water partition coefficient (Wildman–Crippen LogP) is 2.04. The quantitative estimate of drug-likeness (QED) is 0.791. The lowest BCUT2D eigenvalue weighted by Crippen LogP contribution is -2.48. The molecule has 0 radical (unpaired) electrons. The summed E-state index contributed by atoms with van der Waals surface area (Å²) in [6, 6.07) is 3.62. The van der Waals surface area contributed by atoms with Crippen molar-refractivity contribution in [2.24, 2.45) is 5.92 Å². The molecule has 2 unspecified atom stereocenters. The molecule has 2 rings (SSSR count). The second-order valence-corrected chi connectivity index (χ2v) is 5.24. The van der Waals surface area contributed by atoms with Gasteiger partial charge >= 0.3 is 0 Å².